The molecule has 0 saturated carbocycles. The van der Waals surface area contributed by atoms with E-state index in [1.165, 1.54) is 0 Å². The largest absolute Gasteiger partial charge is 0.368 e. The molecular weight excluding hydrogens is 270 g/mol. The van der Waals surface area contributed by atoms with Crippen molar-refractivity contribution in [3.8, 4) is 0 Å². The predicted octanol–water partition coefficient (Wildman–Crippen LogP) is 2.04. The van der Waals surface area contributed by atoms with Crippen LogP contribution in [0.5, 0.6) is 0 Å². The van der Waals surface area contributed by atoms with Gasteiger partial charge in [0.25, 0.3) is 5.91 Å². The van der Waals surface area contributed by atoms with Gasteiger partial charge in [-0.1, -0.05) is 29.8 Å². The fourth-order valence-corrected chi connectivity index (χ4v) is 3.68. The molecule has 16 heavy (non-hydrogen) atoms. The van der Waals surface area contributed by atoms with E-state index >= 15 is 0 Å². The fourth-order valence-electron chi connectivity index (χ4n) is 2.69. The summed E-state index contributed by atoms with van der Waals surface area (Å²) in [7, 11) is 0. The van der Waals surface area contributed by atoms with E-state index in [1.54, 1.807) is 0 Å². The minimum atomic E-state index is -0.188. The summed E-state index contributed by atoms with van der Waals surface area (Å²) in [5.41, 5.74) is 0. The summed E-state index contributed by atoms with van der Waals surface area (Å²) < 4.78 is 5.56. The summed E-state index contributed by atoms with van der Waals surface area (Å²) in [4.78, 5) is 14.4. The molecule has 3 nitrogen and oxygen atoms in total. The van der Waals surface area contributed by atoms with Crippen molar-refractivity contribution in [2.24, 2.45) is 11.8 Å². The Morgan fingerprint density at radius 1 is 1.38 bits per heavy atom. The summed E-state index contributed by atoms with van der Waals surface area (Å²) in [6.45, 7) is 5.96. The van der Waals surface area contributed by atoms with Gasteiger partial charge in [-0.3, -0.25) is 4.79 Å². The second-order valence-corrected chi connectivity index (χ2v) is 5.72. The van der Waals surface area contributed by atoms with Crippen LogP contribution in [0, 0.1) is 11.8 Å². The van der Waals surface area contributed by atoms with E-state index in [0.717, 1.165) is 31.3 Å². The second-order valence-electron chi connectivity index (χ2n) is 5.08. The van der Waals surface area contributed by atoms with Gasteiger partial charge in [-0.2, -0.15) is 0 Å². The van der Waals surface area contributed by atoms with Gasteiger partial charge in [0.2, 0.25) is 0 Å². The summed E-state index contributed by atoms with van der Waals surface area (Å²) in [6.07, 6.45) is 1.94. The maximum atomic E-state index is 12.4. The Kier molecular flexibility index (Phi) is 3.90. The van der Waals surface area contributed by atoms with Crippen molar-refractivity contribution in [3.05, 3.63) is 0 Å². The molecular formula is C12H20BrNO2. The lowest BCUT2D eigenvalue weighted by Crippen LogP contribution is -2.45. The number of alkyl halides is 1. The van der Waals surface area contributed by atoms with E-state index in [1.807, 2.05) is 4.90 Å². The van der Waals surface area contributed by atoms with Gasteiger partial charge in [-0.15, -0.1) is 0 Å². The Morgan fingerprint density at radius 3 is 2.69 bits per heavy atom. The van der Waals surface area contributed by atoms with Gasteiger partial charge in [0.05, 0.1) is 0 Å². The van der Waals surface area contributed by atoms with E-state index in [0.29, 0.717) is 17.9 Å². The minimum Gasteiger partial charge on any atom is -0.368 e. The molecule has 0 spiro atoms. The first kappa shape index (κ1) is 12.4. The van der Waals surface area contributed by atoms with Crippen molar-refractivity contribution in [3.63, 3.8) is 0 Å². The molecule has 0 aromatic rings. The number of halogens is 1. The topological polar surface area (TPSA) is 29.5 Å². The summed E-state index contributed by atoms with van der Waals surface area (Å²) >= 11 is 3.51. The maximum absolute atomic E-state index is 12.4. The Balaban J connectivity index is 2.04. The smallest absolute Gasteiger partial charge is 0.252 e. The molecule has 0 bridgehead atoms. The number of nitrogens with zero attached hydrogens (tertiary/aromatic N) is 1. The van der Waals surface area contributed by atoms with E-state index in [9.17, 15) is 4.79 Å². The molecule has 4 heteroatoms. The molecule has 0 aromatic carbocycles. The number of likely N-dealkylation sites (tertiary alicyclic amines) is 1. The zero-order valence-corrected chi connectivity index (χ0v) is 11.6. The first-order chi connectivity index (χ1) is 7.65. The van der Waals surface area contributed by atoms with Crippen LogP contribution in [0.1, 0.15) is 26.7 Å². The lowest BCUT2D eigenvalue weighted by molar-refractivity contribution is -0.143. The number of carbonyl (C=O) groups is 1. The van der Waals surface area contributed by atoms with E-state index in [2.05, 4.69) is 29.8 Å². The first-order valence-electron chi connectivity index (χ1n) is 6.13. The molecule has 2 fully saturated rings. The number of rotatable bonds is 2. The van der Waals surface area contributed by atoms with Crippen molar-refractivity contribution in [2.45, 2.75) is 38.8 Å². The van der Waals surface area contributed by atoms with Crippen LogP contribution < -0.4 is 0 Å². The van der Waals surface area contributed by atoms with E-state index < -0.39 is 0 Å². The van der Waals surface area contributed by atoms with Crippen LogP contribution in [0.2, 0.25) is 0 Å². The third-order valence-corrected chi connectivity index (χ3v) is 4.62. The lowest BCUT2D eigenvalue weighted by Gasteiger charge is -2.28. The zero-order chi connectivity index (χ0) is 11.7. The fraction of sp³-hybridized carbons (Fsp3) is 0.917. The SMILES string of the molecule is CC1CCOC1C(=O)N1CCC(C)C1CBr. The quantitative estimate of drug-likeness (QED) is 0.728. The van der Waals surface area contributed by atoms with Crippen LogP contribution in [0.25, 0.3) is 0 Å². The number of carbonyl (C=O) groups excluding carboxylic acids is 1. The lowest BCUT2D eigenvalue weighted by atomic mass is 10.0. The highest BCUT2D eigenvalue weighted by molar-refractivity contribution is 9.09. The summed E-state index contributed by atoms with van der Waals surface area (Å²) in [5, 5.41) is 0.876. The van der Waals surface area contributed by atoms with E-state index in [4.69, 9.17) is 4.74 Å². The van der Waals surface area contributed by atoms with Crippen LogP contribution in [0.15, 0.2) is 0 Å². The average Bonchev–Trinajstić information content (AvgIpc) is 2.83. The highest BCUT2D eigenvalue weighted by Gasteiger charge is 2.40. The van der Waals surface area contributed by atoms with Gasteiger partial charge in [0.1, 0.15) is 6.10 Å². The van der Waals surface area contributed by atoms with Crippen molar-refractivity contribution >= 4 is 21.8 Å². The number of amides is 1. The molecule has 2 aliphatic rings. The third-order valence-electron chi connectivity index (χ3n) is 3.95. The standard InChI is InChI=1S/C12H20BrNO2/c1-8-3-5-14(10(8)7-13)12(15)11-9(2)4-6-16-11/h8-11H,3-7H2,1-2H3. The third kappa shape index (κ3) is 2.14. The van der Waals surface area contributed by atoms with Gasteiger partial charge >= 0.3 is 0 Å². The molecule has 4 atom stereocenters. The highest BCUT2D eigenvalue weighted by Crippen LogP contribution is 2.29. The number of hydrogen-bond donors (Lipinski definition) is 0. The Hall–Kier alpha value is -0.0900. The summed E-state index contributed by atoms with van der Waals surface area (Å²) in [6, 6.07) is 0.351. The maximum Gasteiger partial charge on any atom is 0.252 e. The molecule has 0 radical (unpaired) electrons. The van der Waals surface area contributed by atoms with Gasteiger partial charge in [0.15, 0.2) is 0 Å². The molecule has 1 amide bonds. The number of ether oxygens (including phenoxy) is 1. The first-order valence-corrected chi connectivity index (χ1v) is 7.25. The molecule has 2 rings (SSSR count). The van der Waals surface area contributed by atoms with Gasteiger partial charge in [0, 0.05) is 24.5 Å². The van der Waals surface area contributed by atoms with Gasteiger partial charge in [-0.05, 0) is 24.7 Å². The Bertz CT molecular complexity index is 272. The van der Waals surface area contributed by atoms with Crippen molar-refractivity contribution in [2.75, 3.05) is 18.5 Å². The van der Waals surface area contributed by atoms with Crippen molar-refractivity contribution in [1.29, 1.82) is 0 Å². The molecule has 0 aliphatic carbocycles. The van der Waals surface area contributed by atoms with Gasteiger partial charge < -0.3 is 9.64 Å². The van der Waals surface area contributed by atoms with Crippen molar-refractivity contribution < 1.29 is 9.53 Å². The number of hydrogen-bond acceptors (Lipinski definition) is 2. The van der Waals surface area contributed by atoms with Crippen LogP contribution in [0.3, 0.4) is 0 Å². The Labute approximate surface area is 106 Å². The summed E-state index contributed by atoms with van der Waals surface area (Å²) in [5.74, 6) is 1.18. The molecule has 92 valence electrons. The van der Waals surface area contributed by atoms with Gasteiger partial charge in [-0.25, -0.2) is 0 Å². The van der Waals surface area contributed by atoms with E-state index in [-0.39, 0.29) is 12.0 Å². The van der Waals surface area contributed by atoms with Crippen LogP contribution in [-0.4, -0.2) is 41.4 Å². The molecule has 0 aromatic heterocycles. The molecule has 2 saturated heterocycles. The average molecular weight is 290 g/mol. The normalized spacial score (nSPS) is 39.3. The van der Waals surface area contributed by atoms with Crippen LogP contribution >= 0.6 is 15.9 Å². The Morgan fingerprint density at radius 2 is 2.12 bits per heavy atom. The predicted molar refractivity (Wildman–Crippen MR) is 66.6 cm³/mol. The molecule has 0 N–H and O–H groups in total. The molecule has 2 heterocycles. The highest BCUT2D eigenvalue weighted by atomic mass is 79.9. The second kappa shape index (κ2) is 5.05. The minimum absolute atomic E-state index is 0.188. The monoisotopic (exact) mass is 289 g/mol. The van der Waals surface area contributed by atoms with Crippen molar-refractivity contribution in [1.82, 2.24) is 4.90 Å². The van der Waals surface area contributed by atoms with Crippen LogP contribution in [-0.2, 0) is 9.53 Å². The zero-order valence-electron chi connectivity index (χ0n) is 9.99. The molecule has 4 unspecified atom stereocenters. The van der Waals surface area contributed by atoms with Crippen LogP contribution in [0.4, 0.5) is 0 Å². The molecule has 2 aliphatic heterocycles.